The summed E-state index contributed by atoms with van der Waals surface area (Å²) in [6.45, 7) is 8.67. The topological polar surface area (TPSA) is 55.1 Å². The van der Waals surface area contributed by atoms with Crippen LogP contribution in [0.3, 0.4) is 0 Å². The molecular weight excluding hydrogens is 272 g/mol. The largest absolute Gasteiger partial charge is 0.327 e. The quantitative estimate of drug-likeness (QED) is 0.847. The lowest BCUT2D eigenvalue weighted by Crippen LogP contribution is -2.28. The number of rotatable bonds is 5. The summed E-state index contributed by atoms with van der Waals surface area (Å²) in [6, 6.07) is 6.52. The number of hydrogen-bond acceptors (Lipinski definition) is 2. The molecule has 2 rings (SSSR count). The summed E-state index contributed by atoms with van der Waals surface area (Å²) in [4.78, 5) is 12.5. The molecule has 122 valence electrons. The molecule has 1 aliphatic carbocycles. The zero-order valence-electron chi connectivity index (χ0n) is 14.4. The Morgan fingerprint density at radius 1 is 1.18 bits per heavy atom. The van der Waals surface area contributed by atoms with Crippen LogP contribution in [0.5, 0.6) is 0 Å². The minimum atomic E-state index is 0.109. The van der Waals surface area contributed by atoms with Crippen molar-refractivity contribution in [3.63, 3.8) is 0 Å². The molecule has 0 spiro atoms. The molecule has 0 radical (unpaired) electrons. The molecule has 1 aromatic rings. The highest BCUT2D eigenvalue weighted by molar-refractivity contribution is 5.93. The molecule has 1 saturated carbocycles. The van der Waals surface area contributed by atoms with E-state index in [2.05, 4.69) is 51.2 Å². The van der Waals surface area contributed by atoms with Crippen LogP contribution in [0.25, 0.3) is 0 Å². The molecule has 0 bridgehead atoms. The van der Waals surface area contributed by atoms with E-state index < -0.39 is 0 Å². The van der Waals surface area contributed by atoms with Gasteiger partial charge >= 0.3 is 0 Å². The lowest BCUT2D eigenvalue weighted by molar-refractivity contribution is -0.117. The molecule has 3 nitrogen and oxygen atoms in total. The van der Waals surface area contributed by atoms with Crippen LogP contribution in [0.15, 0.2) is 18.2 Å². The first-order chi connectivity index (χ1) is 10.4. The van der Waals surface area contributed by atoms with Gasteiger partial charge < -0.3 is 11.1 Å². The van der Waals surface area contributed by atoms with E-state index in [0.717, 1.165) is 24.9 Å². The molecule has 3 heteroatoms. The van der Waals surface area contributed by atoms with E-state index in [-0.39, 0.29) is 11.9 Å². The Morgan fingerprint density at radius 3 is 2.23 bits per heavy atom. The summed E-state index contributed by atoms with van der Waals surface area (Å²) in [7, 11) is 0. The SMILES string of the molecule is CC(C)c1cccc(C(C)C)c1NC(=O)C[C@@H]1CCC[C@H]1N. The van der Waals surface area contributed by atoms with Crippen LogP contribution in [0, 0.1) is 5.92 Å². The maximum atomic E-state index is 12.5. The number of benzene rings is 1. The lowest BCUT2D eigenvalue weighted by Gasteiger charge is -2.21. The van der Waals surface area contributed by atoms with Gasteiger partial charge in [-0.25, -0.2) is 0 Å². The van der Waals surface area contributed by atoms with Gasteiger partial charge in [0.05, 0.1) is 0 Å². The predicted molar refractivity (Wildman–Crippen MR) is 93.2 cm³/mol. The van der Waals surface area contributed by atoms with Gasteiger partial charge in [0.1, 0.15) is 0 Å². The van der Waals surface area contributed by atoms with Crippen LogP contribution >= 0.6 is 0 Å². The fraction of sp³-hybridized carbons (Fsp3) is 0.632. The first-order valence-electron chi connectivity index (χ1n) is 8.58. The third-order valence-electron chi connectivity index (χ3n) is 4.80. The lowest BCUT2D eigenvalue weighted by atomic mass is 9.92. The van der Waals surface area contributed by atoms with Gasteiger partial charge in [-0.3, -0.25) is 4.79 Å². The highest BCUT2D eigenvalue weighted by atomic mass is 16.1. The molecule has 1 aliphatic rings. The number of amides is 1. The normalized spacial score (nSPS) is 21.6. The summed E-state index contributed by atoms with van der Waals surface area (Å²) < 4.78 is 0. The second-order valence-electron chi connectivity index (χ2n) is 7.23. The Kier molecular flexibility index (Phi) is 5.63. The third-order valence-corrected chi connectivity index (χ3v) is 4.80. The van der Waals surface area contributed by atoms with Crippen molar-refractivity contribution in [3.05, 3.63) is 29.3 Å². The second-order valence-corrected chi connectivity index (χ2v) is 7.23. The number of nitrogens with two attached hydrogens (primary N) is 1. The Bertz CT molecular complexity index is 496. The number of carbonyl (C=O) groups is 1. The van der Waals surface area contributed by atoms with Crippen LogP contribution < -0.4 is 11.1 Å². The molecule has 1 amide bonds. The molecule has 1 aromatic carbocycles. The van der Waals surface area contributed by atoms with E-state index in [4.69, 9.17) is 5.73 Å². The monoisotopic (exact) mass is 302 g/mol. The van der Waals surface area contributed by atoms with Gasteiger partial charge in [-0.2, -0.15) is 0 Å². The molecule has 0 heterocycles. The summed E-state index contributed by atoms with van der Waals surface area (Å²) in [6.07, 6.45) is 3.83. The maximum absolute atomic E-state index is 12.5. The van der Waals surface area contributed by atoms with Crippen molar-refractivity contribution >= 4 is 11.6 Å². The van der Waals surface area contributed by atoms with Crippen molar-refractivity contribution in [2.75, 3.05) is 5.32 Å². The van der Waals surface area contributed by atoms with Crippen molar-refractivity contribution in [1.29, 1.82) is 0 Å². The minimum absolute atomic E-state index is 0.109. The number of para-hydroxylation sites is 1. The van der Waals surface area contributed by atoms with Crippen LogP contribution in [0.1, 0.15) is 76.3 Å². The van der Waals surface area contributed by atoms with Gasteiger partial charge in [0.2, 0.25) is 5.91 Å². The zero-order valence-corrected chi connectivity index (χ0v) is 14.4. The van der Waals surface area contributed by atoms with E-state index in [1.54, 1.807) is 0 Å². The Hall–Kier alpha value is -1.35. The molecule has 3 N–H and O–H groups in total. The molecule has 0 aromatic heterocycles. The van der Waals surface area contributed by atoms with E-state index in [1.807, 2.05) is 0 Å². The fourth-order valence-electron chi connectivity index (χ4n) is 3.44. The van der Waals surface area contributed by atoms with Crippen molar-refractivity contribution in [2.24, 2.45) is 11.7 Å². The number of hydrogen-bond donors (Lipinski definition) is 2. The van der Waals surface area contributed by atoms with E-state index in [0.29, 0.717) is 24.2 Å². The highest BCUT2D eigenvalue weighted by Gasteiger charge is 2.26. The Labute approximate surface area is 134 Å². The average Bonchev–Trinajstić information content (AvgIpc) is 2.83. The number of anilines is 1. The summed E-state index contributed by atoms with van der Waals surface area (Å²) in [5, 5.41) is 3.19. The molecule has 0 unspecified atom stereocenters. The van der Waals surface area contributed by atoms with Crippen LogP contribution in [-0.2, 0) is 4.79 Å². The smallest absolute Gasteiger partial charge is 0.224 e. The third kappa shape index (κ3) is 3.89. The first kappa shape index (κ1) is 17.0. The zero-order chi connectivity index (χ0) is 16.3. The van der Waals surface area contributed by atoms with Crippen LogP contribution in [-0.4, -0.2) is 11.9 Å². The van der Waals surface area contributed by atoms with E-state index >= 15 is 0 Å². The van der Waals surface area contributed by atoms with Gasteiger partial charge in [0, 0.05) is 18.2 Å². The second kappa shape index (κ2) is 7.28. The standard InChI is InChI=1S/C19H30N2O/c1-12(2)15-8-6-9-16(13(3)4)19(15)21-18(22)11-14-7-5-10-17(14)20/h6,8-9,12-14,17H,5,7,10-11,20H2,1-4H3,(H,21,22)/t14-,17+/m0/s1. The number of nitrogens with one attached hydrogen (secondary N) is 1. The van der Waals surface area contributed by atoms with Crippen molar-refractivity contribution in [3.8, 4) is 0 Å². The molecule has 1 fully saturated rings. The van der Waals surface area contributed by atoms with Gasteiger partial charge in [0.25, 0.3) is 0 Å². The minimum Gasteiger partial charge on any atom is -0.327 e. The van der Waals surface area contributed by atoms with Crippen molar-refractivity contribution in [2.45, 2.75) is 71.3 Å². The highest BCUT2D eigenvalue weighted by Crippen LogP contribution is 2.33. The average molecular weight is 302 g/mol. The van der Waals surface area contributed by atoms with Crippen molar-refractivity contribution in [1.82, 2.24) is 0 Å². The molecule has 22 heavy (non-hydrogen) atoms. The van der Waals surface area contributed by atoms with Crippen LogP contribution in [0.2, 0.25) is 0 Å². The van der Waals surface area contributed by atoms with Gasteiger partial charge in [-0.05, 0) is 41.7 Å². The van der Waals surface area contributed by atoms with Gasteiger partial charge in [0.15, 0.2) is 0 Å². The predicted octanol–water partition coefficient (Wildman–Crippen LogP) is 4.39. The molecule has 0 aliphatic heterocycles. The van der Waals surface area contributed by atoms with Gasteiger partial charge in [-0.1, -0.05) is 52.3 Å². The van der Waals surface area contributed by atoms with E-state index in [1.165, 1.54) is 11.1 Å². The molecular formula is C19H30N2O. The summed E-state index contributed by atoms with van der Waals surface area (Å²) in [5.41, 5.74) is 9.55. The van der Waals surface area contributed by atoms with E-state index in [9.17, 15) is 4.79 Å². The van der Waals surface area contributed by atoms with Gasteiger partial charge in [-0.15, -0.1) is 0 Å². The fourth-order valence-corrected chi connectivity index (χ4v) is 3.44. The first-order valence-corrected chi connectivity index (χ1v) is 8.58. The Morgan fingerprint density at radius 2 is 1.77 bits per heavy atom. The maximum Gasteiger partial charge on any atom is 0.224 e. The van der Waals surface area contributed by atoms with Crippen LogP contribution in [0.4, 0.5) is 5.69 Å². The summed E-state index contributed by atoms with van der Waals surface area (Å²) >= 11 is 0. The molecule has 2 atom stereocenters. The summed E-state index contributed by atoms with van der Waals surface area (Å²) in [5.74, 6) is 1.23. The molecule has 0 saturated heterocycles. The number of carbonyl (C=O) groups excluding carboxylic acids is 1. The van der Waals surface area contributed by atoms with Crippen molar-refractivity contribution < 1.29 is 4.79 Å². The Balaban J connectivity index is 2.18.